The predicted octanol–water partition coefficient (Wildman–Crippen LogP) is 4.35. The van der Waals surface area contributed by atoms with E-state index in [4.69, 9.17) is 16.0 Å². The molecule has 0 saturated carbocycles. The summed E-state index contributed by atoms with van der Waals surface area (Å²) in [6.07, 6.45) is 0.931. The van der Waals surface area contributed by atoms with Crippen molar-refractivity contribution < 1.29 is 4.42 Å². The highest BCUT2D eigenvalue weighted by molar-refractivity contribution is 6.31. The first-order chi connectivity index (χ1) is 8.70. The van der Waals surface area contributed by atoms with Crippen LogP contribution in [-0.2, 0) is 13.0 Å². The topological polar surface area (TPSA) is 25.2 Å². The van der Waals surface area contributed by atoms with Gasteiger partial charge in [0.1, 0.15) is 11.5 Å². The van der Waals surface area contributed by atoms with Crippen LogP contribution >= 0.6 is 11.6 Å². The van der Waals surface area contributed by atoms with Gasteiger partial charge in [-0.3, -0.25) is 0 Å². The van der Waals surface area contributed by atoms with E-state index in [1.807, 2.05) is 36.4 Å². The Bertz CT molecular complexity index is 507. The van der Waals surface area contributed by atoms with E-state index in [2.05, 4.69) is 19.2 Å². The zero-order valence-corrected chi connectivity index (χ0v) is 11.5. The van der Waals surface area contributed by atoms with E-state index in [0.29, 0.717) is 6.54 Å². The van der Waals surface area contributed by atoms with E-state index in [1.165, 1.54) is 0 Å². The Balaban J connectivity index is 1.96. The first-order valence-electron chi connectivity index (χ1n) is 6.26. The lowest BCUT2D eigenvalue weighted by atomic mass is 10.1. The number of furan rings is 1. The second-order valence-electron chi connectivity index (χ2n) is 4.35. The fraction of sp³-hybridized carbons (Fsp3) is 0.333. The molecular weight excluding hydrogens is 246 g/mol. The van der Waals surface area contributed by atoms with E-state index in [-0.39, 0.29) is 6.04 Å². The fourth-order valence-electron chi connectivity index (χ4n) is 1.90. The van der Waals surface area contributed by atoms with Crippen LogP contribution in [0.3, 0.4) is 0 Å². The molecule has 0 saturated heterocycles. The fourth-order valence-corrected chi connectivity index (χ4v) is 2.20. The van der Waals surface area contributed by atoms with Crippen LogP contribution in [0.25, 0.3) is 0 Å². The van der Waals surface area contributed by atoms with Gasteiger partial charge < -0.3 is 9.73 Å². The molecule has 0 amide bonds. The third-order valence-corrected chi connectivity index (χ3v) is 3.36. The molecule has 0 unspecified atom stereocenters. The molecule has 0 fully saturated rings. The zero-order chi connectivity index (χ0) is 13.0. The lowest BCUT2D eigenvalue weighted by molar-refractivity contribution is 0.435. The van der Waals surface area contributed by atoms with E-state index in [9.17, 15) is 0 Å². The minimum absolute atomic E-state index is 0.203. The molecule has 0 spiro atoms. The van der Waals surface area contributed by atoms with Gasteiger partial charge in [0.15, 0.2) is 0 Å². The maximum absolute atomic E-state index is 6.16. The van der Waals surface area contributed by atoms with Gasteiger partial charge in [-0.2, -0.15) is 0 Å². The van der Waals surface area contributed by atoms with Gasteiger partial charge in [-0.15, -0.1) is 0 Å². The average Bonchev–Trinajstić information content (AvgIpc) is 2.84. The SMILES string of the molecule is CCc1ccc(CN[C@H](C)c2ccccc2Cl)o1. The molecule has 1 atom stereocenters. The molecule has 2 nitrogen and oxygen atoms in total. The lowest BCUT2D eigenvalue weighted by Crippen LogP contribution is -2.18. The van der Waals surface area contributed by atoms with Crippen molar-refractivity contribution in [3.8, 4) is 0 Å². The molecule has 1 aromatic heterocycles. The van der Waals surface area contributed by atoms with Crippen molar-refractivity contribution in [1.82, 2.24) is 5.32 Å². The van der Waals surface area contributed by atoms with Crippen LogP contribution in [0.2, 0.25) is 5.02 Å². The first kappa shape index (κ1) is 13.2. The standard InChI is InChI=1S/C15H18ClNO/c1-3-12-8-9-13(18-12)10-17-11(2)14-6-4-5-7-15(14)16/h4-9,11,17H,3,10H2,1-2H3/t11-/m1/s1. The van der Waals surface area contributed by atoms with Crippen LogP contribution in [0, 0.1) is 0 Å². The van der Waals surface area contributed by atoms with Crippen molar-refractivity contribution in [2.45, 2.75) is 32.9 Å². The highest BCUT2D eigenvalue weighted by Gasteiger charge is 2.09. The molecule has 0 bridgehead atoms. The Morgan fingerprint density at radius 3 is 2.56 bits per heavy atom. The molecule has 0 aliphatic rings. The molecule has 18 heavy (non-hydrogen) atoms. The second kappa shape index (κ2) is 6.07. The van der Waals surface area contributed by atoms with Crippen molar-refractivity contribution in [1.29, 1.82) is 0 Å². The van der Waals surface area contributed by atoms with Crippen LogP contribution in [0.1, 0.15) is 37.0 Å². The number of aryl methyl sites for hydroxylation is 1. The monoisotopic (exact) mass is 263 g/mol. The molecule has 0 radical (unpaired) electrons. The van der Waals surface area contributed by atoms with Crippen molar-refractivity contribution in [2.75, 3.05) is 0 Å². The number of hydrogen-bond donors (Lipinski definition) is 1. The number of benzene rings is 1. The summed E-state index contributed by atoms with van der Waals surface area (Å²) in [5.74, 6) is 1.99. The molecule has 0 aliphatic heterocycles. The molecule has 2 rings (SSSR count). The van der Waals surface area contributed by atoms with Crippen LogP contribution in [0.15, 0.2) is 40.8 Å². The maximum atomic E-state index is 6.16. The lowest BCUT2D eigenvalue weighted by Gasteiger charge is -2.14. The van der Waals surface area contributed by atoms with E-state index >= 15 is 0 Å². The minimum Gasteiger partial charge on any atom is -0.465 e. The third kappa shape index (κ3) is 3.15. The highest BCUT2D eigenvalue weighted by atomic mass is 35.5. The van der Waals surface area contributed by atoms with Crippen molar-refractivity contribution in [2.24, 2.45) is 0 Å². The summed E-state index contributed by atoms with van der Waals surface area (Å²) in [6, 6.07) is 12.1. The van der Waals surface area contributed by atoms with Gasteiger partial charge >= 0.3 is 0 Å². The van der Waals surface area contributed by atoms with E-state index in [1.54, 1.807) is 0 Å². The van der Waals surface area contributed by atoms with E-state index in [0.717, 1.165) is 28.5 Å². The van der Waals surface area contributed by atoms with Crippen LogP contribution < -0.4 is 5.32 Å². The van der Waals surface area contributed by atoms with Gasteiger partial charge in [-0.1, -0.05) is 36.7 Å². The Hall–Kier alpha value is -1.25. The summed E-state index contributed by atoms with van der Waals surface area (Å²) in [7, 11) is 0. The van der Waals surface area contributed by atoms with Gasteiger partial charge in [-0.05, 0) is 30.7 Å². The molecular formula is C15H18ClNO. The summed E-state index contributed by atoms with van der Waals surface area (Å²) in [5.41, 5.74) is 1.11. The van der Waals surface area contributed by atoms with Gasteiger partial charge in [0, 0.05) is 17.5 Å². The Kier molecular flexibility index (Phi) is 4.45. The Morgan fingerprint density at radius 2 is 1.89 bits per heavy atom. The van der Waals surface area contributed by atoms with E-state index < -0.39 is 0 Å². The number of nitrogens with one attached hydrogen (secondary N) is 1. The van der Waals surface area contributed by atoms with Crippen LogP contribution in [-0.4, -0.2) is 0 Å². The molecule has 1 N–H and O–H groups in total. The summed E-state index contributed by atoms with van der Waals surface area (Å²) in [4.78, 5) is 0. The number of rotatable bonds is 5. The van der Waals surface area contributed by atoms with Crippen molar-refractivity contribution in [3.63, 3.8) is 0 Å². The predicted molar refractivity (Wildman–Crippen MR) is 74.8 cm³/mol. The maximum Gasteiger partial charge on any atom is 0.117 e. The van der Waals surface area contributed by atoms with Crippen molar-refractivity contribution >= 4 is 11.6 Å². The first-order valence-corrected chi connectivity index (χ1v) is 6.64. The summed E-state index contributed by atoms with van der Waals surface area (Å²) >= 11 is 6.16. The van der Waals surface area contributed by atoms with Gasteiger partial charge in [0.25, 0.3) is 0 Å². The molecule has 1 aromatic carbocycles. The molecule has 0 aliphatic carbocycles. The quantitative estimate of drug-likeness (QED) is 0.868. The highest BCUT2D eigenvalue weighted by Crippen LogP contribution is 2.22. The van der Waals surface area contributed by atoms with Gasteiger partial charge in [0.05, 0.1) is 6.54 Å². The summed E-state index contributed by atoms with van der Waals surface area (Å²) in [6.45, 7) is 4.90. The van der Waals surface area contributed by atoms with Gasteiger partial charge in [0.2, 0.25) is 0 Å². The Morgan fingerprint density at radius 1 is 1.17 bits per heavy atom. The number of halogens is 1. The molecule has 2 aromatic rings. The number of hydrogen-bond acceptors (Lipinski definition) is 2. The summed E-state index contributed by atoms with van der Waals surface area (Å²) < 4.78 is 5.65. The third-order valence-electron chi connectivity index (χ3n) is 3.02. The second-order valence-corrected chi connectivity index (χ2v) is 4.75. The van der Waals surface area contributed by atoms with Crippen molar-refractivity contribution in [3.05, 3.63) is 58.5 Å². The Labute approximate surface area is 113 Å². The normalized spacial score (nSPS) is 12.6. The minimum atomic E-state index is 0.203. The van der Waals surface area contributed by atoms with Crippen LogP contribution in [0.5, 0.6) is 0 Å². The summed E-state index contributed by atoms with van der Waals surface area (Å²) in [5, 5.41) is 4.21. The largest absolute Gasteiger partial charge is 0.465 e. The molecule has 3 heteroatoms. The van der Waals surface area contributed by atoms with Crippen LogP contribution in [0.4, 0.5) is 0 Å². The zero-order valence-electron chi connectivity index (χ0n) is 10.7. The average molecular weight is 264 g/mol. The molecule has 1 heterocycles. The smallest absolute Gasteiger partial charge is 0.117 e. The van der Waals surface area contributed by atoms with Gasteiger partial charge in [-0.25, -0.2) is 0 Å². The molecule has 96 valence electrons.